The molecule has 0 atom stereocenters. The molecule has 3 rings (SSSR count). The van der Waals surface area contributed by atoms with Crippen LogP contribution in [0, 0.1) is 11.3 Å². The predicted molar refractivity (Wildman–Crippen MR) is 82.1 cm³/mol. The Bertz CT molecular complexity index is 541. The number of hydrogen-bond acceptors (Lipinski definition) is 5. The molecule has 1 N–H and O–H groups in total. The van der Waals surface area contributed by atoms with Crippen LogP contribution >= 0.6 is 11.8 Å². The summed E-state index contributed by atoms with van der Waals surface area (Å²) in [6.45, 7) is 1.64. The van der Waals surface area contributed by atoms with Crippen molar-refractivity contribution < 1.29 is 4.74 Å². The van der Waals surface area contributed by atoms with E-state index in [1.165, 1.54) is 0 Å². The van der Waals surface area contributed by atoms with Crippen LogP contribution in [0.15, 0.2) is 29.3 Å². The maximum absolute atomic E-state index is 8.66. The van der Waals surface area contributed by atoms with Crippen molar-refractivity contribution in [1.82, 2.24) is 0 Å². The Hall–Kier alpha value is -1.51. The second-order valence-corrected chi connectivity index (χ2v) is 6.16. The van der Waals surface area contributed by atoms with E-state index in [2.05, 4.69) is 11.4 Å². The third-order valence-corrected chi connectivity index (χ3v) is 4.88. The van der Waals surface area contributed by atoms with Crippen LogP contribution in [0.5, 0.6) is 0 Å². The molecule has 0 unspecified atom stereocenters. The van der Waals surface area contributed by atoms with E-state index >= 15 is 0 Å². The van der Waals surface area contributed by atoms with E-state index in [-0.39, 0.29) is 5.54 Å². The lowest BCUT2D eigenvalue weighted by atomic mass is 9.93. The molecule has 1 spiro atoms. The zero-order chi connectivity index (χ0) is 13.8. The number of nitrogens with zero attached hydrogens (tertiary/aromatic N) is 2. The summed E-state index contributed by atoms with van der Waals surface area (Å²) in [5.74, 6) is 1.05. The molecule has 0 saturated carbocycles. The highest BCUT2D eigenvalue weighted by atomic mass is 32.2. The Morgan fingerprint density at radius 3 is 2.75 bits per heavy atom. The van der Waals surface area contributed by atoms with Gasteiger partial charge >= 0.3 is 0 Å². The van der Waals surface area contributed by atoms with Crippen molar-refractivity contribution in [3.8, 4) is 6.07 Å². The summed E-state index contributed by atoms with van der Waals surface area (Å²) in [6.07, 6.45) is 2.50. The van der Waals surface area contributed by atoms with Gasteiger partial charge in [0, 0.05) is 24.7 Å². The first kappa shape index (κ1) is 13.5. The standard InChI is InChI=1S/C15H17N3OS/c16-8-5-12-1-3-13(4-2-12)17-14-18-15(11-20-14)6-9-19-10-7-15/h1-4H,5-7,9-11H2,(H,17,18). The highest BCUT2D eigenvalue weighted by Crippen LogP contribution is 2.36. The molecule has 1 aromatic rings. The lowest BCUT2D eigenvalue weighted by Crippen LogP contribution is -2.34. The number of rotatable bonds is 2. The summed E-state index contributed by atoms with van der Waals surface area (Å²) < 4.78 is 5.42. The molecule has 1 fully saturated rings. The Labute approximate surface area is 123 Å². The van der Waals surface area contributed by atoms with Gasteiger partial charge < -0.3 is 10.1 Å². The minimum absolute atomic E-state index is 0.0893. The van der Waals surface area contributed by atoms with Gasteiger partial charge in [-0.3, -0.25) is 4.99 Å². The molecule has 4 nitrogen and oxygen atoms in total. The van der Waals surface area contributed by atoms with Crippen LogP contribution in [0.2, 0.25) is 0 Å². The summed E-state index contributed by atoms with van der Waals surface area (Å²) in [6, 6.07) is 10.1. The topological polar surface area (TPSA) is 57.4 Å². The Kier molecular flexibility index (Phi) is 3.95. The largest absolute Gasteiger partial charge is 0.381 e. The average Bonchev–Trinajstić information content (AvgIpc) is 2.85. The smallest absolute Gasteiger partial charge is 0.161 e. The molecule has 104 valence electrons. The number of ether oxygens (including phenoxy) is 1. The molecule has 1 saturated heterocycles. The minimum Gasteiger partial charge on any atom is -0.381 e. The molecular formula is C15H17N3OS. The van der Waals surface area contributed by atoms with Crippen LogP contribution < -0.4 is 5.32 Å². The first-order valence-electron chi connectivity index (χ1n) is 6.83. The van der Waals surface area contributed by atoms with Crippen molar-refractivity contribution in [2.24, 2.45) is 4.99 Å². The fourth-order valence-electron chi connectivity index (χ4n) is 2.47. The van der Waals surface area contributed by atoms with Gasteiger partial charge in [-0.1, -0.05) is 23.9 Å². The van der Waals surface area contributed by atoms with Crippen molar-refractivity contribution in [2.75, 3.05) is 24.3 Å². The summed E-state index contributed by atoms with van der Waals surface area (Å²) in [4.78, 5) is 4.87. The molecule has 0 bridgehead atoms. The second kappa shape index (κ2) is 5.86. The molecule has 0 amide bonds. The van der Waals surface area contributed by atoms with Gasteiger partial charge in [0.2, 0.25) is 0 Å². The second-order valence-electron chi connectivity index (χ2n) is 5.20. The highest BCUT2D eigenvalue weighted by Gasteiger charge is 2.37. The normalized spacial score (nSPS) is 20.4. The van der Waals surface area contributed by atoms with E-state index < -0.39 is 0 Å². The van der Waals surface area contributed by atoms with Gasteiger partial charge in [-0.15, -0.1) is 0 Å². The van der Waals surface area contributed by atoms with Crippen molar-refractivity contribution in [3.05, 3.63) is 29.8 Å². The molecule has 2 aliphatic heterocycles. The number of nitrogens with one attached hydrogen (secondary N) is 1. The summed E-state index contributed by atoms with van der Waals surface area (Å²) >= 11 is 1.79. The van der Waals surface area contributed by atoms with E-state index in [0.717, 1.165) is 48.2 Å². The molecule has 5 heteroatoms. The molecule has 0 radical (unpaired) electrons. The maximum Gasteiger partial charge on any atom is 0.161 e. The van der Waals surface area contributed by atoms with Crippen LogP contribution in [0.3, 0.4) is 0 Å². The van der Waals surface area contributed by atoms with Crippen LogP contribution in [0.25, 0.3) is 0 Å². The SMILES string of the molecule is N#CCc1ccc(NC2=NC3(CCOCC3)CS2)cc1. The van der Waals surface area contributed by atoms with E-state index in [4.69, 9.17) is 15.0 Å². The average molecular weight is 287 g/mol. The van der Waals surface area contributed by atoms with E-state index in [0.29, 0.717) is 6.42 Å². The molecule has 1 aromatic carbocycles. The molecule has 2 aliphatic rings. The molecule has 0 aromatic heterocycles. The number of anilines is 1. The third-order valence-electron chi connectivity index (χ3n) is 3.73. The van der Waals surface area contributed by atoms with Crippen LogP contribution in [-0.4, -0.2) is 29.7 Å². The molecule has 20 heavy (non-hydrogen) atoms. The summed E-state index contributed by atoms with van der Waals surface area (Å²) in [5.41, 5.74) is 2.16. The van der Waals surface area contributed by atoms with E-state index in [9.17, 15) is 0 Å². The molecule has 0 aliphatic carbocycles. The van der Waals surface area contributed by atoms with E-state index in [1.54, 1.807) is 11.8 Å². The fourth-order valence-corrected chi connectivity index (χ4v) is 3.68. The van der Waals surface area contributed by atoms with Crippen LogP contribution in [0.4, 0.5) is 5.69 Å². The van der Waals surface area contributed by atoms with Gasteiger partial charge in [0.1, 0.15) is 0 Å². The molecular weight excluding hydrogens is 270 g/mol. The van der Waals surface area contributed by atoms with Gasteiger partial charge in [0.05, 0.1) is 18.0 Å². The molecule has 2 heterocycles. The third kappa shape index (κ3) is 2.97. The Morgan fingerprint density at radius 1 is 1.30 bits per heavy atom. The first-order chi connectivity index (χ1) is 9.80. The van der Waals surface area contributed by atoms with Crippen molar-refractivity contribution in [3.63, 3.8) is 0 Å². The number of thioether (sulfide) groups is 1. The number of amidine groups is 1. The summed E-state index contributed by atoms with van der Waals surface area (Å²) in [5, 5.41) is 13.0. The highest BCUT2D eigenvalue weighted by molar-refractivity contribution is 8.14. The minimum atomic E-state index is 0.0893. The maximum atomic E-state index is 8.66. The Morgan fingerprint density at radius 2 is 2.05 bits per heavy atom. The van der Waals surface area contributed by atoms with Crippen LogP contribution in [-0.2, 0) is 11.2 Å². The zero-order valence-corrected chi connectivity index (χ0v) is 12.1. The lowest BCUT2D eigenvalue weighted by Gasteiger charge is -2.29. The zero-order valence-electron chi connectivity index (χ0n) is 11.3. The monoisotopic (exact) mass is 287 g/mol. The number of benzene rings is 1. The Balaban J connectivity index is 1.66. The first-order valence-corrected chi connectivity index (χ1v) is 7.82. The lowest BCUT2D eigenvalue weighted by molar-refractivity contribution is 0.0624. The van der Waals surface area contributed by atoms with Gasteiger partial charge in [0.15, 0.2) is 5.17 Å². The van der Waals surface area contributed by atoms with Gasteiger partial charge in [0.25, 0.3) is 0 Å². The quantitative estimate of drug-likeness (QED) is 0.908. The van der Waals surface area contributed by atoms with Crippen molar-refractivity contribution in [1.29, 1.82) is 5.26 Å². The number of aliphatic imine (C=N–C) groups is 1. The van der Waals surface area contributed by atoms with Gasteiger partial charge in [-0.2, -0.15) is 5.26 Å². The number of nitriles is 1. The van der Waals surface area contributed by atoms with Crippen molar-refractivity contribution >= 4 is 22.6 Å². The van der Waals surface area contributed by atoms with Gasteiger partial charge in [-0.25, -0.2) is 0 Å². The van der Waals surface area contributed by atoms with E-state index in [1.807, 2.05) is 24.3 Å². The number of hydrogen-bond donors (Lipinski definition) is 1. The van der Waals surface area contributed by atoms with Crippen molar-refractivity contribution in [2.45, 2.75) is 24.8 Å². The van der Waals surface area contributed by atoms with Gasteiger partial charge in [-0.05, 0) is 30.5 Å². The van der Waals surface area contributed by atoms with Crippen LogP contribution in [0.1, 0.15) is 18.4 Å². The summed E-state index contributed by atoms with van der Waals surface area (Å²) in [7, 11) is 0. The fraction of sp³-hybridized carbons (Fsp3) is 0.467. The predicted octanol–water partition coefficient (Wildman–Crippen LogP) is 2.82.